The molecule has 1 atom stereocenters. The SMILES string of the molecule is OCC(O)COc1ccc2c(c1)NCCC2. The summed E-state index contributed by atoms with van der Waals surface area (Å²) >= 11 is 0. The van der Waals surface area contributed by atoms with Crippen molar-refractivity contribution in [2.75, 3.05) is 25.1 Å². The molecule has 4 nitrogen and oxygen atoms in total. The number of hydrogen-bond acceptors (Lipinski definition) is 4. The smallest absolute Gasteiger partial charge is 0.121 e. The van der Waals surface area contributed by atoms with Gasteiger partial charge in [0.15, 0.2) is 0 Å². The monoisotopic (exact) mass is 223 g/mol. The second kappa shape index (κ2) is 5.18. The molecule has 4 heteroatoms. The van der Waals surface area contributed by atoms with E-state index >= 15 is 0 Å². The van der Waals surface area contributed by atoms with Gasteiger partial charge in [-0.2, -0.15) is 0 Å². The molecule has 0 aromatic heterocycles. The van der Waals surface area contributed by atoms with Gasteiger partial charge in [0.25, 0.3) is 0 Å². The summed E-state index contributed by atoms with van der Waals surface area (Å²) in [5.41, 5.74) is 2.42. The molecule has 0 aliphatic carbocycles. The third-order valence-electron chi connectivity index (χ3n) is 2.67. The standard InChI is InChI=1S/C12H17NO3/c14-7-10(15)8-16-11-4-3-9-2-1-5-13-12(9)6-11/h3-4,6,10,13-15H,1-2,5,7-8H2. The molecule has 0 bridgehead atoms. The fourth-order valence-corrected chi connectivity index (χ4v) is 1.77. The number of aliphatic hydroxyl groups excluding tert-OH is 2. The molecule has 16 heavy (non-hydrogen) atoms. The third-order valence-corrected chi connectivity index (χ3v) is 2.67. The summed E-state index contributed by atoms with van der Waals surface area (Å²) in [5.74, 6) is 0.723. The van der Waals surface area contributed by atoms with Gasteiger partial charge in [-0.25, -0.2) is 0 Å². The Labute approximate surface area is 94.9 Å². The minimum Gasteiger partial charge on any atom is -0.491 e. The Morgan fingerprint density at radius 1 is 1.44 bits per heavy atom. The topological polar surface area (TPSA) is 61.7 Å². The van der Waals surface area contributed by atoms with E-state index in [0.29, 0.717) is 0 Å². The van der Waals surface area contributed by atoms with Crippen LogP contribution in [0.15, 0.2) is 18.2 Å². The van der Waals surface area contributed by atoms with Crippen LogP contribution >= 0.6 is 0 Å². The van der Waals surface area contributed by atoms with Gasteiger partial charge in [0, 0.05) is 18.3 Å². The Hall–Kier alpha value is -1.26. The number of rotatable bonds is 4. The summed E-state index contributed by atoms with van der Waals surface area (Å²) < 4.78 is 5.37. The van der Waals surface area contributed by atoms with Crippen LogP contribution in [-0.4, -0.2) is 36.1 Å². The molecule has 2 rings (SSSR count). The van der Waals surface area contributed by atoms with Crippen LogP contribution in [-0.2, 0) is 6.42 Å². The summed E-state index contributed by atoms with van der Waals surface area (Å²) in [4.78, 5) is 0. The first-order chi connectivity index (χ1) is 7.79. The Morgan fingerprint density at radius 3 is 3.12 bits per heavy atom. The molecule has 0 amide bonds. The number of aliphatic hydroxyl groups is 2. The van der Waals surface area contributed by atoms with Crippen molar-refractivity contribution in [1.29, 1.82) is 0 Å². The fraction of sp³-hybridized carbons (Fsp3) is 0.500. The number of aryl methyl sites for hydroxylation is 1. The third kappa shape index (κ3) is 2.65. The van der Waals surface area contributed by atoms with Crippen molar-refractivity contribution < 1.29 is 14.9 Å². The molecule has 1 aromatic carbocycles. The summed E-state index contributed by atoms with van der Waals surface area (Å²) in [5, 5.41) is 21.1. The highest BCUT2D eigenvalue weighted by atomic mass is 16.5. The summed E-state index contributed by atoms with van der Waals surface area (Å²) in [6.45, 7) is 0.841. The number of ether oxygens (including phenoxy) is 1. The highest BCUT2D eigenvalue weighted by molar-refractivity contribution is 5.56. The maximum atomic E-state index is 9.17. The predicted molar refractivity (Wildman–Crippen MR) is 61.8 cm³/mol. The van der Waals surface area contributed by atoms with E-state index in [1.54, 1.807) is 0 Å². The van der Waals surface area contributed by atoms with Gasteiger partial charge in [0.1, 0.15) is 18.5 Å². The lowest BCUT2D eigenvalue weighted by Crippen LogP contribution is -2.21. The molecule has 1 aliphatic heterocycles. The van der Waals surface area contributed by atoms with Crippen LogP contribution in [0.2, 0.25) is 0 Å². The van der Waals surface area contributed by atoms with Crippen molar-refractivity contribution in [2.45, 2.75) is 18.9 Å². The Kier molecular flexibility index (Phi) is 3.64. The molecule has 0 saturated heterocycles. The number of nitrogens with one attached hydrogen (secondary N) is 1. The fourth-order valence-electron chi connectivity index (χ4n) is 1.77. The Bertz CT molecular complexity index is 354. The van der Waals surface area contributed by atoms with Gasteiger partial charge < -0.3 is 20.3 Å². The summed E-state index contributed by atoms with van der Waals surface area (Å²) in [7, 11) is 0. The van der Waals surface area contributed by atoms with Crippen molar-refractivity contribution in [3.05, 3.63) is 23.8 Å². The second-order valence-corrected chi connectivity index (χ2v) is 4.00. The second-order valence-electron chi connectivity index (χ2n) is 4.00. The molecule has 1 unspecified atom stereocenters. The summed E-state index contributed by atoms with van der Waals surface area (Å²) in [6, 6.07) is 5.89. The number of hydrogen-bond donors (Lipinski definition) is 3. The molecule has 1 aliphatic rings. The van der Waals surface area contributed by atoms with Crippen LogP contribution in [0.3, 0.4) is 0 Å². The molecule has 0 saturated carbocycles. The zero-order chi connectivity index (χ0) is 11.4. The van der Waals surface area contributed by atoms with Crippen LogP contribution < -0.4 is 10.1 Å². The molecular formula is C12H17NO3. The highest BCUT2D eigenvalue weighted by Gasteiger charge is 2.10. The maximum Gasteiger partial charge on any atom is 0.121 e. The van der Waals surface area contributed by atoms with Gasteiger partial charge in [-0.05, 0) is 24.5 Å². The summed E-state index contributed by atoms with van der Waals surface area (Å²) in [6.07, 6.45) is 1.45. The normalized spacial score (nSPS) is 16.1. The predicted octanol–water partition coefficient (Wildman–Crippen LogP) is 0.777. The molecule has 1 aromatic rings. The zero-order valence-electron chi connectivity index (χ0n) is 9.15. The lowest BCUT2D eigenvalue weighted by molar-refractivity contribution is 0.0536. The van der Waals surface area contributed by atoms with Gasteiger partial charge in [-0.3, -0.25) is 0 Å². The van der Waals surface area contributed by atoms with Crippen LogP contribution in [0.1, 0.15) is 12.0 Å². The zero-order valence-corrected chi connectivity index (χ0v) is 9.15. The molecule has 3 N–H and O–H groups in total. The Balaban J connectivity index is 2.00. The van der Waals surface area contributed by atoms with Crippen molar-refractivity contribution in [1.82, 2.24) is 0 Å². The number of fused-ring (bicyclic) bond motifs is 1. The van der Waals surface area contributed by atoms with Crippen molar-refractivity contribution in [2.24, 2.45) is 0 Å². The number of anilines is 1. The van der Waals surface area contributed by atoms with E-state index in [1.165, 1.54) is 5.56 Å². The lowest BCUT2D eigenvalue weighted by atomic mass is 10.0. The molecule has 0 spiro atoms. The average Bonchev–Trinajstić information content (AvgIpc) is 2.35. The van der Waals surface area contributed by atoms with E-state index in [0.717, 1.165) is 30.8 Å². The molecular weight excluding hydrogens is 206 g/mol. The van der Waals surface area contributed by atoms with Crippen LogP contribution in [0, 0.1) is 0 Å². The first-order valence-electron chi connectivity index (χ1n) is 5.58. The number of benzene rings is 1. The van der Waals surface area contributed by atoms with E-state index in [9.17, 15) is 0 Å². The molecule has 1 heterocycles. The Morgan fingerprint density at radius 2 is 2.31 bits per heavy atom. The molecule has 0 fully saturated rings. The van der Waals surface area contributed by atoms with Crippen LogP contribution in [0.4, 0.5) is 5.69 Å². The van der Waals surface area contributed by atoms with Crippen molar-refractivity contribution >= 4 is 5.69 Å². The minimum atomic E-state index is -0.816. The average molecular weight is 223 g/mol. The quantitative estimate of drug-likeness (QED) is 0.706. The van der Waals surface area contributed by atoms with E-state index in [-0.39, 0.29) is 13.2 Å². The van der Waals surface area contributed by atoms with E-state index in [2.05, 4.69) is 5.32 Å². The van der Waals surface area contributed by atoms with Gasteiger partial charge in [-0.1, -0.05) is 6.07 Å². The van der Waals surface area contributed by atoms with Gasteiger partial charge in [0.05, 0.1) is 6.61 Å². The highest BCUT2D eigenvalue weighted by Crippen LogP contribution is 2.26. The van der Waals surface area contributed by atoms with Crippen LogP contribution in [0.25, 0.3) is 0 Å². The van der Waals surface area contributed by atoms with Gasteiger partial charge >= 0.3 is 0 Å². The lowest BCUT2D eigenvalue weighted by Gasteiger charge is -2.19. The first-order valence-corrected chi connectivity index (χ1v) is 5.58. The molecule has 0 radical (unpaired) electrons. The van der Waals surface area contributed by atoms with E-state index in [4.69, 9.17) is 14.9 Å². The van der Waals surface area contributed by atoms with Crippen LogP contribution in [0.5, 0.6) is 5.75 Å². The van der Waals surface area contributed by atoms with E-state index < -0.39 is 6.10 Å². The van der Waals surface area contributed by atoms with Gasteiger partial charge in [-0.15, -0.1) is 0 Å². The van der Waals surface area contributed by atoms with Crippen molar-refractivity contribution in [3.8, 4) is 5.75 Å². The minimum absolute atomic E-state index is 0.120. The first kappa shape index (κ1) is 11.2. The largest absolute Gasteiger partial charge is 0.491 e. The van der Waals surface area contributed by atoms with Gasteiger partial charge in [0.2, 0.25) is 0 Å². The molecule has 88 valence electrons. The maximum absolute atomic E-state index is 9.17. The van der Waals surface area contributed by atoms with Crippen molar-refractivity contribution in [3.63, 3.8) is 0 Å². The van der Waals surface area contributed by atoms with E-state index in [1.807, 2.05) is 18.2 Å².